The predicted molar refractivity (Wildman–Crippen MR) is 109 cm³/mol. The third-order valence-electron chi connectivity index (χ3n) is 4.68. The Morgan fingerprint density at radius 2 is 1.73 bits per heavy atom. The fraction of sp³-hybridized carbons (Fsp3) is 0.316. The Morgan fingerprint density at radius 3 is 2.38 bits per heavy atom. The fourth-order valence-electron chi connectivity index (χ4n) is 3.11. The fourth-order valence-corrected chi connectivity index (χ4v) is 3.11. The number of benzene rings is 2. The maximum atomic E-state index is 13.6. The SMILES string of the molecule is CC(C(=O)N1CCN(C)c2cc(F)ccc21)C(N)c1ccccc1.Cl.Cl. The summed E-state index contributed by atoms with van der Waals surface area (Å²) in [5.74, 6) is -0.704. The summed E-state index contributed by atoms with van der Waals surface area (Å²) < 4.78 is 13.6. The van der Waals surface area contributed by atoms with Gasteiger partial charge in [-0.05, 0) is 23.8 Å². The van der Waals surface area contributed by atoms with Gasteiger partial charge in [0.05, 0.1) is 17.3 Å². The van der Waals surface area contributed by atoms with Crippen LogP contribution in [0.3, 0.4) is 0 Å². The van der Waals surface area contributed by atoms with Crippen LogP contribution in [0.2, 0.25) is 0 Å². The van der Waals surface area contributed by atoms with Crippen LogP contribution in [-0.2, 0) is 4.79 Å². The first kappa shape index (κ1) is 22.2. The molecule has 2 aromatic carbocycles. The quantitative estimate of drug-likeness (QED) is 0.853. The van der Waals surface area contributed by atoms with Gasteiger partial charge < -0.3 is 15.5 Å². The molecule has 0 saturated heterocycles. The topological polar surface area (TPSA) is 49.6 Å². The van der Waals surface area contributed by atoms with Crippen LogP contribution in [-0.4, -0.2) is 26.0 Å². The van der Waals surface area contributed by atoms with Crippen LogP contribution in [0.15, 0.2) is 48.5 Å². The van der Waals surface area contributed by atoms with Gasteiger partial charge in [-0.1, -0.05) is 37.3 Å². The summed E-state index contributed by atoms with van der Waals surface area (Å²) in [6.45, 7) is 3.08. The standard InChI is InChI=1S/C19H22FN3O.2ClH/c1-13(18(21)14-6-4-3-5-7-14)19(24)23-11-10-22(2)17-12-15(20)8-9-16(17)23;;/h3-9,12-13,18H,10-11,21H2,1-2H3;2*1H. The number of carbonyl (C=O) groups is 1. The molecule has 2 N–H and O–H groups in total. The molecule has 4 nitrogen and oxygen atoms in total. The van der Waals surface area contributed by atoms with Crippen molar-refractivity contribution in [2.75, 3.05) is 29.9 Å². The average Bonchev–Trinajstić information content (AvgIpc) is 2.61. The lowest BCUT2D eigenvalue weighted by Gasteiger charge is -2.37. The van der Waals surface area contributed by atoms with Crippen LogP contribution in [0.25, 0.3) is 0 Å². The van der Waals surface area contributed by atoms with Crippen LogP contribution in [0, 0.1) is 11.7 Å². The third-order valence-corrected chi connectivity index (χ3v) is 4.68. The van der Waals surface area contributed by atoms with Gasteiger partial charge in [-0.25, -0.2) is 4.39 Å². The summed E-state index contributed by atoms with van der Waals surface area (Å²) in [5.41, 5.74) is 8.71. The number of hydrogen-bond acceptors (Lipinski definition) is 3. The van der Waals surface area contributed by atoms with Crippen LogP contribution in [0.5, 0.6) is 0 Å². The molecule has 0 saturated carbocycles. The smallest absolute Gasteiger partial charge is 0.231 e. The Bertz CT molecular complexity index is 745. The van der Waals surface area contributed by atoms with Gasteiger partial charge in [0.15, 0.2) is 0 Å². The van der Waals surface area contributed by atoms with Crippen molar-refractivity contribution in [1.29, 1.82) is 0 Å². The Labute approximate surface area is 166 Å². The molecule has 2 atom stereocenters. The first-order chi connectivity index (χ1) is 11.5. The summed E-state index contributed by atoms with van der Waals surface area (Å²) >= 11 is 0. The number of amides is 1. The summed E-state index contributed by atoms with van der Waals surface area (Å²) in [6.07, 6.45) is 0. The minimum atomic E-state index is -0.373. The van der Waals surface area contributed by atoms with E-state index in [-0.39, 0.29) is 48.5 Å². The van der Waals surface area contributed by atoms with Crippen LogP contribution in [0.4, 0.5) is 15.8 Å². The molecule has 1 amide bonds. The first-order valence-corrected chi connectivity index (χ1v) is 8.11. The molecule has 2 unspecified atom stereocenters. The number of anilines is 2. The number of hydrogen-bond donors (Lipinski definition) is 1. The molecule has 142 valence electrons. The molecule has 3 rings (SSSR count). The van der Waals surface area contributed by atoms with E-state index in [0.717, 1.165) is 16.9 Å². The van der Waals surface area contributed by atoms with E-state index >= 15 is 0 Å². The first-order valence-electron chi connectivity index (χ1n) is 8.11. The summed E-state index contributed by atoms with van der Waals surface area (Å²) in [4.78, 5) is 16.7. The van der Waals surface area contributed by atoms with E-state index in [1.165, 1.54) is 12.1 Å². The Hall–Kier alpha value is -1.82. The van der Waals surface area contributed by atoms with Gasteiger partial charge in [-0.3, -0.25) is 4.79 Å². The monoisotopic (exact) mass is 399 g/mol. The third kappa shape index (κ3) is 4.29. The maximum absolute atomic E-state index is 13.6. The van der Waals surface area contributed by atoms with Crippen LogP contribution in [0.1, 0.15) is 18.5 Å². The summed E-state index contributed by atoms with van der Waals surface area (Å²) in [7, 11) is 1.90. The van der Waals surface area contributed by atoms with Crippen LogP contribution < -0.4 is 15.5 Å². The highest BCUT2D eigenvalue weighted by Crippen LogP contribution is 2.34. The largest absolute Gasteiger partial charge is 0.371 e. The second-order valence-electron chi connectivity index (χ2n) is 6.27. The van der Waals surface area contributed by atoms with Gasteiger partial charge in [0.2, 0.25) is 5.91 Å². The van der Waals surface area contributed by atoms with E-state index in [2.05, 4.69) is 0 Å². The number of fused-ring (bicyclic) bond motifs is 1. The average molecular weight is 400 g/mol. The molecule has 7 heteroatoms. The highest BCUT2D eigenvalue weighted by atomic mass is 35.5. The van der Waals surface area contributed by atoms with E-state index in [1.807, 2.05) is 49.2 Å². The number of halogens is 3. The van der Waals surface area contributed by atoms with E-state index in [9.17, 15) is 9.18 Å². The predicted octanol–water partition coefficient (Wildman–Crippen LogP) is 3.79. The molecule has 0 fully saturated rings. The molecule has 26 heavy (non-hydrogen) atoms. The molecule has 0 bridgehead atoms. The molecule has 2 aromatic rings. The van der Waals surface area contributed by atoms with E-state index in [0.29, 0.717) is 13.1 Å². The van der Waals surface area contributed by atoms with Gasteiger partial charge >= 0.3 is 0 Å². The molecule has 1 aliphatic heterocycles. The van der Waals surface area contributed by atoms with Gasteiger partial charge in [-0.2, -0.15) is 0 Å². The minimum Gasteiger partial charge on any atom is -0.371 e. The highest BCUT2D eigenvalue weighted by Gasteiger charge is 2.31. The number of nitrogens with zero attached hydrogens (tertiary/aromatic N) is 2. The zero-order valence-electron chi connectivity index (χ0n) is 14.8. The van der Waals surface area contributed by atoms with Gasteiger partial charge in [-0.15, -0.1) is 24.8 Å². The second kappa shape index (κ2) is 9.21. The molecule has 0 aliphatic carbocycles. The maximum Gasteiger partial charge on any atom is 0.231 e. The van der Waals surface area contributed by atoms with Gasteiger partial charge in [0, 0.05) is 26.2 Å². The molecule has 0 aromatic heterocycles. The number of rotatable bonds is 3. The van der Waals surface area contributed by atoms with Crippen molar-refractivity contribution >= 4 is 42.1 Å². The van der Waals surface area contributed by atoms with E-state index in [1.54, 1.807) is 11.0 Å². The minimum absolute atomic E-state index is 0. The van der Waals surface area contributed by atoms with Crippen molar-refractivity contribution < 1.29 is 9.18 Å². The lowest BCUT2D eigenvalue weighted by atomic mass is 9.93. The van der Waals surface area contributed by atoms with Gasteiger partial charge in [0.25, 0.3) is 0 Å². The Balaban J connectivity index is 0.00000169. The van der Waals surface area contributed by atoms with Gasteiger partial charge in [0.1, 0.15) is 5.82 Å². The molecule has 0 spiro atoms. The lowest BCUT2D eigenvalue weighted by Crippen LogP contribution is -2.46. The Morgan fingerprint density at radius 1 is 1.08 bits per heavy atom. The molecular formula is C19H24Cl2FN3O. The Kier molecular flexibility index (Phi) is 7.87. The number of likely N-dealkylation sites (N-methyl/N-ethyl adjacent to an activating group) is 1. The zero-order valence-corrected chi connectivity index (χ0v) is 16.4. The summed E-state index contributed by atoms with van der Waals surface area (Å²) in [5, 5.41) is 0. The second-order valence-corrected chi connectivity index (χ2v) is 6.27. The molecule has 1 aliphatic rings. The summed E-state index contributed by atoms with van der Waals surface area (Å²) in [6, 6.07) is 13.8. The van der Waals surface area contributed by atoms with Crippen molar-refractivity contribution in [3.8, 4) is 0 Å². The molecule has 0 radical (unpaired) electrons. The normalized spacial score (nSPS) is 15.2. The van der Waals surface area contributed by atoms with Crippen LogP contribution >= 0.6 is 24.8 Å². The van der Waals surface area contributed by atoms with Crippen molar-refractivity contribution in [1.82, 2.24) is 0 Å². The van der Waals surface area contributed by atoms with Crippen molar-refractivity contribution in [3.05, 3.63) is 59.9 Å². The van der Waals surface area contributed by atoms with E-state index < -0.39 is 0 Å². The molecule has 1 heterocycles. The number of nitrogens with two attached hydrogens (primary N) is 1. The number of carbonyl (C=O) groups excluding carboxylic acids is 1. The van der Waals surface area contributed by atoms with E-state index in [4.69, 9.17) is 5.73 Å². The molecular weight excluding hydrogens is 376 g/mol. The van der Waals surface area contributed by atoms with Crippen molar-refractivity contribution in [2.24, 2.45) is 11.7 Å². The van der Waals surface area contributed by atoms with Crippen molar-refractivity contribution in [2.45, 2.75) is 13.0 Å². The lowest BCUT2D eigenvalue weighted by molar-refractivity contribution is -0.122. The van der Waals surface area contributed by atoms with Crippen molar-refractivity contribution in [3.63, 3.8) is 0 Å². The zero-order chi connectivity index (χ0) is 17.3. The highest BCUT2D eigenvalue weighted by molar-refractivity contribution is 5.99.